The number of carbonyl (C=O) groups is 2. The molecular weight excluding hydrogens is 582 g/mol. The van der Waals surface area contributed by atoms with Gasteiger partial charge in [-0.1, -0.05) is 30.3 Å². The molecule has 0 radical (unpaired) electrons. The monoisotopic (exact) mass is 618 g/mol. The molecule has 13 heteroatoms. The predicted molar refractivity (Wildman–Crippen MR) is 145 cm³/mol. The molecule has 7 nitrogen and oxygen atoms in total. The number of rotatable bonds is 7. The lowest BCUT2D eigenvalue weighted by Gasteiger charge is -2.47. The van der Waals surface area contributed by atoms with Crippen molar-refractivity contribution < 1.29 is 50.1 Å². The second-order valence-electron chi connectivity index (χ2n) is 11.5. The number of likely N-dealkylation sites (tertiary alicyclic amines) is 1. The first kappa shape index (κ1) is 34.0. The third-order valence-electron chi connectivity index (χ3n) is 7.00. The molecule has 43 heavy (non-hydrogen) atoms. The third-order valence-corrected chi connectivity index (χ3v) is 7.00. The highest BCUT2D eigenvalue weighted by atomic mass is 19.4. The van der Waals surface area contributed by atoms with Crippen LogP contribution in [0.5, 0.6) is 0 Å². The van der Waals surface area contributed by atoms with Crippen molar-refractivity contribution >= 4 is 12.2 Å². The number of benzene rings is 2. The topological polar surface area (TPSA) is 68.3 Å². The summed E-state index contributed by atoms with van der Waals surface area (Å²) in [6.07, 6.45) is -11.0. The number of ether oxygens (including phenoxy) is 3. The van der Waals surface area contributed by atoms with E-state index >= 15 is 0 Å². The van der Waals surface area contributed by atoms with E-state index in [9.17, 15) is 35.9 Å². The molecule has 1 aliphatic heterocycles. The number of alkyl halides is 6. The lowest BCUT2D eigenvalue weighted by molar-refractivity contribution is -0.143. The van der Waals surface area contributed by atoms with Crippen LogP contribution in [0.25, 0.3) is 0 Å². The molecule has 238 valence electrons. The van der Waals surface area contributed by atoms with E-state index in [2.05, 4.69) is 0 Å². The van der Waals surface area contributed by atoms with Gasteiger partial charge >= 0.3 is 24.5 Å². The smallest absolute Gasteiger partial charge is 0.416 e. The Hall–Kier alpha value is -3.48. The fraction of sp³-hybridized carbons (Fsp3) is 0.533. The maximum absolute atomic E-state index is 13.5. The Morgan fingerprint density at radius 2 is 1.42 bits per heavy atom. The van der Waals surface area contributed by atoms with Crippen LogP contribution < -0.4 is 0 Å². The Morgan fingerprint density at radius 1 is 0.860 bits per heavy atom. The molecule has 2 aromatic rings. The van der Waals surface area contributed by atoms with Crippen LogP contribution in [-0.2, 0) is 39.5 Å². The van der Waals surface area contributed by atoms with E-state index < -0.39 is 65.9 Å². The quantitative estimate of drug-likeness (QED) is 0.304. The summed E-state index contributed by atoms with van der Waals surface area (Å²) >= 11 is 0. The van der Waals surface area contributed by atoms with Crippen molar-refractivity contribution in [3.05, 3.63) is 70.8 Å². The first-order valence-electron chi connectivity index (χ1n) is 13.6. The molecule has 3 rings (SSSR count). The molecule has 0 aliphatic carbocycles. The zero-order valence-electron chi connectivity index (χ0n) is 24.6. The Morgan fingerprint density at radius 3 is 1.91 bits per heavy atom. The molecule has 2 amide bonds. The highest BCUT2D eigenvalue weighted by Gasteiger charge is 2.44. The van der Waals surface area contributed by atoms with Crippen LogP contribution in [0.4, 0.5) is 35.9 Å². The second kappa shape index (κ2) is 13.4. The minimum absolute atomic E-state index is 0.0375. The number of hydrogen-bond acceptors (Lipinski definition) is 5. The molecule has 0 spiro atoms. The zero-order valence-corrected chi connectivity index (χ0v) is 24.6. The van der Waals surface area contributed by atoms with Crippen molar-refractivity contribution in [1.29, 1.82) is 0 Å². The first-order chi connectivity index (χ1) is 19.9. The van der Waals surface area contributed by atoms with E-state index in [0.717, 1.165) is 17.6 Å². The molecule has 1 fully saturated rings. The van der Waals surface area contributed by atoms with Crippen LogP contribution in [0.1, 0.15) is 55.9 Å². The van der Waals surface area contributed by atoms with Gasteiger partial charge in [-0.25, -0.2) is 9.59 Å². The summed E-state index contributed by atoms with van der Waals surface area (Å²) in [7, 11) is 2.51. The molecule has 3 atom stereocenters. The third kappa shape index (κ3) is 9.25. The van der Waals surface area contributed by atoms with E-state index in [1.807, 2.05) is 30.3 Å². The highest BCUT2D eigenvalue weighted by Crippen LogP contribution is 2.38. The van der Waals surface area contributed by atoms with Gasteiger partial charge in [0.15, 0.2) is 0 Å². The van der Waals surface area contributed by atoms with Gasteiger partial charge in [0.05, 0.1) is 30.9 Å². The van der Waals surface area contributed by atoms with E-state index in [1.165, 1.54) is 7.11 Å². The maximum atomic E-state index is 13.5. The van der Waals surface area contributed by atoms with Crippen molar-refractivity contribution in [2.24, 2.45) is 0 Å². The van der Waals surface area contributed by atoms with Gasteiger partial charge in [0.25, 0.3) is 0 Å². The number of carbonyl (C=O) groups excluding carboxylic acids is 2. The molecule has 1 saturated heterocycles. The average molecular weight is 619 g/mol. The zero-order chi connectivity index (χ0) is 32.2. The van der Waals surface area contributed by atoms with Crippen molar-refractivity contribution in [2.75, 3.05) is 20.8 Å². The molecule has 0 aromatic heterocycles. The van der Waals surface area contributed by atoms with Crippen molar-refractivity contribution in [3.8, 4) is 0 Å². The first-order valence-corrected chi connectivity index (χ1v) is 13.6. The summed E-state index contributed by atoms with van der Waals surface area (Å²) in [5, 5.41) is 0. The van der Waals surface area contributed by atoms with Crippen LogP contribution in [-0.4, -0.2) is 66.5 Å². The van der Waals surface area contributed by atoms with Gasteiger partial charge in [-0.05, 0) is 69.4 Å². The van der Waals surface area contributed by atoms with Crippen LogP contribution in [0.2, 0.25) is 0 Å². The lowest BCUT2D eigenvalue weighted by Crippen LogP contribution is -2.60. The van der Waals surface area contributed by atoms with Gasteiger partial charge < -0.3 is 19.1 Å². The second-order valence-corrected chi connectivity index (χ2v) is 11.5. The molecule has 1 unspecified atom stereocenters. The summed E-state index contributed by atoms with van der Waals surface area (Å²) in [6, 6.07) is 8.50. The number of methoxy groups -OCH3 is 2. The Balaban J connectivity index is 2.05. The maximum Gasteiger partial charge on any atom is 0.416 e. The van der Waals surface area contributed by atoms with Gasteiger partial charge in [-0.15, -0.1) is 0 Å². The van der Waals surface area contributed by atoms with E-state index in [0.29, 0.717) is 18.6 Å². The van der Waals surface area contributed by atoms with Gasteiger partial charge in [0.1, 0.15) is 5.60 Å². The average Bonchev–Trinajstić information content (AvgIpc) is 2.89. The van der Waals surface area contributed by atoms with Crippen molar-refractivity contribution in [3.63, 3.8) is 0 Å². The molecule has 1 heterocycles. The normalized spacial score (nSPS) is 19.6. The number of halogens is 6. The van der Waals surface area contributed by atoms with Crippen LogP contribution in [0.3, 0.4) is 0 Å². The molecule has 0 bridgehead atoms. The van der Waals surface area contributed by atoms with Crippen molar-refractivity contribution in [1.82, 2.24) is 9.80 Å². The molecule has 0 saturated carbocycles. The van der Waals surface area contributed by atoms with Gasteiger partial charge in [0, 0.05) is 25.7 Å². The Bertz CT molecular complexity index is 1210. The summed E-state index contributed by atoms with van der Waals surface area (Å²) in [5.41, 5.74) is -3.29. The summed E-state index contributed by atoms with van der Waals surface area (Å²) in [5.74, 6) is 0. The number of nitrogens with zero attached hydrogens (tertiary/aromatic N) is 2. The summed E-state index contributed by atoms with van der Waals surface area (Å²) in [4.78, 5) is 29.2. The highest BCUT2D eigenvalue weighted by molar-refractivity contribution is 5.70. The fourth-order valence-electron chi connectivity index (χ4n) is 5.29. The lowest BCUT2D eigenvalue weighted by atomic mass is 9.87. The minimum atomic E-state index is -5.05. The van der Waals surface area contributed by atoms with Crippen LogP contribution in [0, 0.1) is 0 Å². The van der Waals surface area contributed by atoms with Crippen molar-refractivity contribution in [2.45, 2.75) is 82.7 Å². The van der Waals surface area contributed by atoms with Gasteiger partial charge in [0.2, 0.25) is 0 Å². The molecular formula is C30H36F6N2O5. The van der Waals surface area contributed by atoms with E-state index in [-0.39, 0.29) is 31.1 Å². The fourth-order valence-corrected chi connectivity index (χ4v) is 5.29. The SMILES string of the molecule is COCC1C[C@H](N(Cc2cc(C(F)(F)F)cc(C(F)(F)F)c2)C(=O)OC)C[C@H](Cc2ccccc2)N1C(=O)OC(C)(C)C. The molecule has 1 aliphatic rings. The number of piperidine rings is 1. The minimum Gasteiger partial charge on any atom is -0.453 e. The predicted octanol–water partition coefficient (Wildman–Crippen LogP) is 7.32. The van der Waals surface area contributed by atoms with Crippen LogP contribution in [0.15, 0.2) is 48.5 Å². The Kier molecular flexibility index (Phi) is 10.6. The largest absolute Gasteiger partial charge is 0.453 e. The standard InChI is InChI=1S/C30H36F6N2O5/c1-28(2,3)43-27(40)38-24(13-19-9-7-6-8-10-19)15-23(16-25(38)18-41-4)37(26(39)42-5)17-20-11-21(29(31,32)33)14-22(12-20)30(34,35)36/h6-12,14,23-25H,13,15-18H2,1-5H3/t23-,24+,25?/m1/s1. The van der Waals surface area contributed by atoms with Gasteiger partial charge in [-0.2, -0.15) is 26.3 Å². The molecule has 2 aromatic carbocycles. The van der Waals surface area contributed by atoms with Crippen LogP contribution >= 0.6 is 0 Å². The summed E-state index contributed by atoms with van der Waals surface area (Å²) in [6.45, 7) is 4.61. The van der Waals surface area contributed by atoms with E-state index in [4.69, 9.17) is 14.2 Å². The summed E-state index contributed by atoms with van der Waals surface area (Å²) < 4.78 is 97.3. The molecule has 0 N–H and O–H groups in total. The number of hydrogen-bond donors (Lipinski definition) is 0. The number of amides is 2. The van der Waals surface area contributed by atoms with E-state index in [1.54, 1.807) is 25.7 Å². The Labute approximate surface area is 246 Å². The van der Waals surface area contributed by atoms with Gasteiger partial charge in [-0.3, -0.25) is 4.90 Å².